The molecule has 1 heterocycles. The molecule has 0 aromatic heterocycles. The van der Waals surface area contributed by atoms with Gasteiger partial charge in [0.1, 0.15) is 6.29 Å². The van der Waals surface area contributed by atoms with Crippen molar-refractivity contribution in [2.24, 2.45) is 0 Å². The first-order chi connectivity index (χ1) is 5.34. The second-order valence-corrected chi connectivity index (χ2v) is 2.73. The third-order valence-corrected chi connectivity index (χ3v) is 1.89. The van der Waals surface area contributed by atoms with Crippen LogP contribution in [0.15, 0.2) is 0 Å². The Morgan fingerprint density at radius 1 is 1.45 bits per heavy atom. The molecule has 11 heavy (non-hydrogen) atoms. The van der Waals surface area contributed by atoms with Crippen molar-refractivity contribution >= 4 is 6.29 Å². The minimum absolute atomic E-state index is 0.119. The summed E-state index contributed by atoms with van der Waals surface area (Å²) >= 11 is 0. The van der Waals surface area contributed by atoms with Crippen LogP contribution in [-0.2, 0) is 14.3 Å². The number of carbonyl (C=O) groups is 1. The van der Waals surface area contributed by atoms with Crippen LogP contribution in [0.1, 0.15) is 19.8 Å². The Labute approximate surface area is 66.7 Å². The summed E-state index contributed by atoms with van der Waals surface area (Å²) in [6, 6.07) is 0. The van der Waals surface area contributed by atoms with Crippen molar-refractivity contribution in [3.05, 3.63) is 0 Å². The summed E-state index contributed by atoms with van der Waals surface area (Å²) in [5, 5.41) is 0. The Balaban J connectivity index is 2.23. The SMILES string of the molecule is CC1OCCOC1CCC=O. The average Bonchev–Trinajstić information content (AvgIpc) is 2.03. The van der Waals surface area contributed by atoms with Crippen molar-refractivity contribution in [1.29, 1.82) is 0 Å². The van der Waals surface area contributed by atoms with E-state index in [4.69, 9.17) is 9.47 Å². The number of hydrogen-bond donors (Lipinski definition) is 0. The van der Waals surface area contributed by atoms with Gasteiger partial charge in [0.2, 0.25) is 0 Å². The Hall–Kier alpha value is -0.410. The molecule has 3 nitrogen and oxygen atoms in total. The van der Waals surface area contributed by atoms with E-state index >= 15 is 0 Å². The fourth-order valence-corrected chi connectivity index (χ4v) is 1.23. The summed E-state index contributed by atoms with van der Waals surface area (Å²) in [5.74, 6) is 0. The predicted octanol–water partition coefficient (Wildman–Crippen LogP) is 0.769. The first kappa shape index (κ1) is 8.68. The highest BCUT2D eigenvalue weighted by atomic mass is 16.6. The molecule has 2 unspecified atom stereocenters. The largest absolute Gasteiger partial charge is 0.373 e. The van der Waals surface area contributed by atoms with Crippen LogP contribution >= 0.6 is 0 Å². The summed E-state index contributed by atoms with van der Waals surface area (Å²) in [5.41, 5.74) is 0. The van der Waals surface area contributed by atoms with E-state index in [1.807, 2.05) is 6.92 Å². The van der Waals surface area contributed by atoms with E-state index in [-0.39, 0.29) is 12.2 Å². The van der Waals surface area contributed by atoms with Crippen LogP contribution in [0.4, 0.5) is 0 Å². The molecule has 0 saturated carbocycles. The Kier molecular flexibility index (Phi) is 3.52. The minimum atomic E-state index is 0.119. The molecule has 0 aromatic carbocycles. The molecule has 64 valence electrons. The van der Waals surface area contributed by atoms with Crippen molar-refractivity contribution < 1.29 is 14.3 Å². The Morgan fingerprint density at radius 2 is 2.18 bits per heavy atom. The lowest BCUT2D eigenvalue weighted by Gasteiger charge is -2.28. The summed E-state index contributed by atoms with van der Waals surface area (Å²) in [6.45, 7) is 3.32. The van der Waals surface area contributed by atoms with Gasteiger partial charge < -0.3 is 14.3 Å². The van der Waals surface area contributed by atoms with Gasteiger partial charge in [-0.3, -0.25) is 0 Å². The van der Waals surface area contributed by atoms with Crippen LogP contribution in [0.2, 0.25) is 0 Å². The summed E-state index contributed by atoms with van der Waals surface area (Å²) in [4.78, 5) is 10.1. The van der Waals surface area contributed by atoms with Gasteiger partial charge in [-0.25, -0.2) is 0 Å². The number of hydrogen-bond acceptors (Lipinski definition) is 3. The third-order valence-electron chi connectivity index (χ3n) is 1.89. The van der Waals surface area contributed by atoms with Gasteiger partial charge in [0.05, 0.1) is 25.4 Å². The lowest BCUT2D eigenvalue weighted by atomic mass is 10.1. The zero-order chi connectivity index (χ0) is 8.10. The first-order valence-electron chi connectivity index (χ1n) is 4.01. The normalized spacial score (nSPS) is 31.7. The monoisotopic (exact) mass is 158 g/mol. The summed E-state index contributed by atoms with van der Waals surface area (Å²) < 4.78 is 10.8. The second-order valence-electron chi connectivity index (χ2n) is 2.73. The number of carbonyl (C=O) groups excluding carboxylic acids is 1. The van der Waals surface area contributed by atoms with E-state index in [1.54, 1.807) is 0 Å². The molecule has 2 atom stereocenters. The van der Waals surface area contributed by atoms with Gasteiger partial charge in [-0.15, -0.1) is 0 Å². The second kappa shape index (κ2) is 4.46. The van der Waals surface area contributed by atoms with Crippen molar-refractivity contribution in [3.63, 3.8) is 0 Å². The molecule has 3 heteroatoms. The zero-order valence-electron chi connectivity index (χ0n) is 6.79. The molecule has 0 N–H and O–H groups in total. The van der Waals surface area contributed by atoms with Crippen LogP contribution in [0.5, 0.6) is 0 Å². The smallest absolute Gasteiger partial charge is 0.120 e. The highest BCUT2D eigenvalue weighted by Gasteiger charge is 2.21. The van der Waals surface area contributed by atoms with Crippen LogP contribution in [0.25, 0.3) is 0 Å². The molecule has 1 rings (SSSR count). The molecule has 1 fully saturated rings. The maximum atomic E-state index is 10.1. The average molecular weight is 158 g/mol. The van der Waals surface area contributed by atoms with Crippen LogP contribution in [0, 0.1) is 0 Å². The van der Waals surface area contributed by atoms with Crippen LogP contribution < -0.4 is 0 Å². The van der Waals surface area contributed by atoms with Gasteiger partial charge >= 0.3 is 0 Å². The standard InChI is InChI=1S/C8H14O3/c1-7-8(3-2-4-9)11-6-5-10-7/h4,7-8H,2-3,5-6H2,1H3. The van der Waals surface area contributed by atoms with Crippen LogP contribution in [0.3, 0.4) is 0 Å². The van der Waals surface area contributed by atoms with E-state index < -0.39 is 0 Å². The molecule has 0 radical (unpaired) electrons. The van der Waals surface area contributed by atoms with Crippen molar-refractivity contribution in [3.8, 4) is 0 Å². The number of rotatable bonds is 3. The molecule has 1 aliphatic heterocycles. The van der Waals surface area contributed by atoms with E-state index in [0.717, 1.165) is 12.7 Å². The summed E-state index contributed by atoms with van der Waals surface area (Å²) in [7, 11) is 0. The first-order valence-corrected chi connectivity index (χ1v) is 4.01. The van der Waals surface area contributed by atoms with Gasteiger partial charge in [-0.1, -0.05) is 0 Å². The van der Waals surface area contributed by atoms with E-state index in [0.29, 0.717) is 19.6 Å². The Morgan fingerprint density at radius 3 is 2.82 bits per heavy atom. The molecule has 0 aromatic rings. The molecular formula is C8H14O3. The Bertz CT molecular complexity index is 125. The third kappa shape index (κ3) is 2.60. The lowest BCUT2D eigenvalue weighted by Crippen LogP contribution is -2.36. The molecule has 0 amide bonds. The number of aldehydes is 1. The number of ether oxygens (including phenoxy) is 2. The van der Waals surface area contributed by atoms with Gasteiger partial charge in [0.25, 0.3) is 0 Å². The minimum Gasteiger partial charge on any atom is -0.373 e. The van der Waals surface area contributed by atoms with Gasteiger partial charge in [0.15, 0.2) is 0 Å². The van der Waals surface area contributed by atoms with Gasteiger partial charge in [0, 0.05) is 6.42 Å². The highest BCUT2D eigenvalue weighted by molar-refractivity contribution is 5.49. The fraction of sp³-hybridized carbons (Fsp3) is 0.875. The van der Waals surface area contributed by atoms with Crippen molar-refractivity contribution in [2.75, 3.05) is 13.2 Å². The molecule has 1 aliphatic rings. The zero-order valence-corrected chi connectivity index (χ0v) is 6.79. The fourth-order valence-electron chi connectivity index (χ4n) is 1.23. The van der Waals surface area contributed by atoms with Crippen molar-refractivity contribution in [2.45, 2.75) is 32.0 Å². The molecular weight excluding hydrogens is 144 g/mol. The summed E-state index contributed by atoms with van der Waals surface area (Å²) in [6.07, 6.45) is 2.53. The highest BCUT2D eigenvalue weighted by Crippen LogP contribution is 2.13. The van der Waals surface area contributed by atoms with Gasteiger partial charge in [-0.2, -0.15) is 0 Å². The topological polar surface area (TPSA) is 35.5 Å². The molecule has 0 aliphatic carbocycles. The van der Waals surface area contributed by atoms with E-state index in [1.165, 1.54) is 0 Å². The molecule has 0 bridgehead atoms. The lowest BCUT2D eigenvalue weighted by molar-refractivity contribution is -0.136. The predicted molar refractivity (Wildman–Crippen MR) is 40.5 cm³/mol. The molecule has 1 saturated heterocycles. The van der Waals surface area contributed by atoms with Crippen molar-refractivity contribution in [1.82, 2.24) is 0 Å². The molecule has 0 spiro atoms. The van der Waals surface area contributed by atoms with Crippen LogP contribution in [-0.4, -0.2) is 31.7 Å². The van der Waals surface area contributed by atoms with Gasteiger partial charge in [-0.05, 0) is 13.3 Å². The van der Waals surface area contributed by atoms with E-state index in [9.17, 15) is 4.79 Å². The maximum absolute atomic E-state index is 10.1. The van der Waals surface area contributed by atoms with E-state index in [2.05, 4.69) is 0 Å². The maximum Gasteiger partial charge on any atom is 0.120 e. The quantitative estimate of drug-likeness (QED) is 0.569.